The molecule has 0 atom stereocenters. The van der Waals surface area contributed by atoms with E-state index < -0.39 is 0 Å². The number of fused-ring (bicyclic) bond motifs is 10. The van der Waals surface area contributed by atoms with Crippen LogP contribution in [0.15, 0.2) is 235 Å². The van der Waals surface area contributed by atoms with E-state index in [1.165, 1.54) is 49.0 Å². The van der Waals surface area contributed by atoms with Crippen LogP contribution in [0.3, 0.4) is 0 Å². The van der Waals surface area contributed by atoms with Crippen LogP contribution in [0.25, 0.3) is 132 Å². The summed E-state index contributed by atoms with van der Waals surface area (Å²) in [5.74, 6) is 0.890. The molecule has 0 aliphatic rings. The average Bonchev–Trinajstić information content (AvgIpc) is 4.05. The first kappa shape index (κ1) is 37.3. The minimum absolute atomic E-state index is 0.843. The van der Waals surface area contributed by atoms with Crippen molar-refractivity contribution in [3.63, 3.8) is 0 Å². The number of para-hydroxylation sites is 2. The van der Waals surface area contributed by atoms with E-state index in [0.29, 0.717) is 0 Å². The summed E-state index contributed by atoms with van der Waals surface area (Å²) in [4.78, 5) is 9.74. The molecular formula is C62H38N4O. The summed E-state index contributed by atoms with van der Waals surface area (Å²) in [6.45, 7) is 0. The number of hydrogen-bond donors (Lipinski definition) is 0. The summed E-state index contributed by atoms with van der Waals surface area (Å²) in [6.07, 6.45) is 3.67. The maximum Gasteiger partial charge on any atom is 0.138 e. The van der Waals surface area contributed by atoms with Crippen molar-refractivity contribution in [2.24, 2.45) is 0 Å². The number of pyridine rings is 2. The number of aromatic nitrogens is 4. The lowest BCUT2D eigenvalue weighted by molar-refractivity contribution is 0.668. The summed E-state index contributed by atoms with van der Waals surface area (Å²) in [5, 5.41) is 9.29. The number of furan rings is 1. The molecule has 5 nitrogen and oxygen atoms in total. The van der Waals surface area contributed by atoms with E-state index in [1.807, 2.05) is 12.3 Å². The average molecular weight is 855 g/mol. The smallest absolute Gasteiger partial charge is 0.138 e. The topological polar surface area (TPSA) is 48.8 Å². The number of rotatable bonds is 6. The van der Waals surface area contributed by atoms with E-state index in [4.69, 9.17) is 9.40 Å². The Balaban J connectivity index is 0.878. The van der Waals surface area contributed by atoms with Crippen molar-refractivity contribution >= 4 is 76.3 Å². The molecule has 0 N–H and O–H groups in total. The maximum atomic E-state index is 6.18. The number of nitrogens with zero attached hydrogens (tertiary/aromatic N) is 4. The molecule has 0 fully saturated rings. The fourth-order valence-electron chi connectivity index (χ4n) is 10.4. The van der Waals surface area contributed by atoms with Crippen molar-refractivity contribution in [2.45, 2.75) is 0 Å². The third kappa shape index (κ3) is 6.02. The van der Waals surface area contributed by atoms with Crippen molar-refractivity contribution in [2.75, 3.05) is 0 Å². The summed E-state index contributed by atoms with van der Waals surface area (Å²) in [5.41, 5.74) is 16.3. The molecule has 0 aliphatic heterocycles. The number of hydrogen-bond acceptors (Lipinski definition) is 3. The molecule has 5 heterocycles. The first-order chi connectivity index (χ1) is 33.2. The van der Waals surface area contributed by atoms with Crippen molar-refractivity contribution < 1.29 is 4.42 Å². The monoisotopic (exact) mass is 854 g/mol. The molecule has 312 valence electrons. The molecule has 14 rings (SSSR count). The van der Waals surface area contributed by atoms with Gasteiger partial charge < -0.3 is 8.98 Å². The van der Waals surface area contributed by atoms with Crippen molar-refractivity contribution in [1.82, 2.24) is 19.1 Å². The van der Waals surface area contributed by atoms with E-state index in [-0.39, 0.29) is 0 Å². The fraction of sp³-hybridized carbons (Fsp3) is 0. The molecule has 9 aromatic carbocycles. The molecule has 5 aromatic heterocycles. The Bertz CT molecular complexity index is 4220. The first-order valence-corrected chi connectivity index (χ1v) is 22.7. The minimum Gasteiger partial charge on any atom is -0.456 e. The molecule has 0 bridgehead atoms. The van der Waals surface area contributed by atoms with Gasteiger partial charge in [-0.3, -0.25) is 9.55 Å². The third-order valence-corrected chi connectivity index (χ3v) is 13.6. The highest BCUT2D eigenvalue weighted by Gasteiger charge is 2.18. The lowest BCUT2D eigenvalue weighted by Crippen LogP contribution is -2.00. The van der Waals surface area contributed by atoms with Gasteiger partial charge in [0.2, 0.25) is 0 Å². The Labute approximate surface area is 385 Å². The molecule has 0 amide bonds. The zero-order chi connectivity index (χ0) is 44.0. The molecule has 14 aromatic rings. The van der Waals surface area contributed by atoms with Crippen LogP contribution < -0.4 is 0 Å². The van der Waals surface area contributed by atoms with Crippen LogP contribution in [0.1, 0.15) is 0 Å². The summed E-state index contributed by atoms with van der Waals surface area (Å²) in [7, 11) is 0. The van der Waals surface area contributed by atoms with Crippen LogP contribution in [0.5, 0.6) is 0 Å². The van der Waals surface area contributed by atoms with Crippen LogP contribution in [0, 0.1) is 0 Å². The SMILES string of the molecule is c1ccc(-c2cc(-c3ccccc3)nc(-n3c4ccccc4c4cc(-c5ccc6ccc(-c7ccc8c9ccccc9n(-c9ccc%10oc%11ccncc%11c%10c9)c8c7)cc6c5)ccc43)c2)cc1. The van der Waals surface area contributed by atoms with Gasteiger partial charge in [-0.25, -0.2) is 4.98 Å². The lowest BCUT2D eigenvalue weighted by atomic mass is 9.96. The fourth-order valence-corrected chi connectivity index (χ4v) is 10.4. The highest BCUT2D eigenvalue weighted by atomic mass is 16.3. The summed E-state index contributed by atoms with van der Waals surface area (Å²) >= 11 is 0. The summed E-state index contributed by atoms with van der Waals surface area (Å²) < 4.78 is 10.9. The number of benzene rings is 9. The zero-order valence-corrected chi connectivity index (χ0v) is 36.1. The molecule has 0 saturated carbocycles. The highest BCUT2D eigenvalue weighted by Crippen LogP contribution is 2.40. The van der Waals surface area contributed by atoms with Gasteiger partial charge in [-0.15, -0.1) is 0 Å². The van der Waals surface area contributed by atoms with Crippen LogP contribution in [-0.2, 0) is 0 Å². The largest absolute Gasteiger partial charge is 0.456 e. The Kier molecular flexibility index (Phi) is 8.21. The van der Waals surface area contributed by atoms with Gasteiger partial charge in [0.1, 0.15) is 17.0 Å². The van der Waals surface area contributed by atoms with Crippen LogP contribution >= 0.6 is 0 Å². The second-order valence-corrected chi connectivity index (χ2v) is 17.4. The van der Waals surface area contributed by atoms with Crippen LogP contribution in [0.4, 0.5) is 0 Å². The minimum atomic E-state index is 0.843. The zero-order valence-electron chi connectivity index (χ0n) is 36.1. The Morgan fingerprint density at radius 2 is 0.940 bits per heavy atom. The van der Waals surface area contributed by atoms with Gasteiger partial charge in [0.15, 0.2) is 0 Å². The van der Waals surface area contributed by atoms with Crippen molar-refractivity contribution in [1.29, 1.82) is 0 Å². The van der Waals surface area contributed by atoms with Crippen LogP contribution in [0.2, 0.25) is 0 Å². The van der Waals surface area contributed by atoms with Gasteiger partial charge in [-0.2, -0.15) is 0 Å². The predicted octanol–water partition coefficient (Wildman–Crippen LogP) is 16.4. The van der Waals surface area contributed by atoms with Gasteiger partial charge >= 0.3 is 0 Å². The quantitative estimate of drug-likeness (QED) is 0.167. The van der Waals surface area contributed by atoms with Gasteiger partial charge in [0.05, 0.1) is 27.8 Å². The maximum absolute atomic E-state index is 6.18. The predicted molar refractivity (Wildman–Crippen MR) is 277 cm³/mol. The molecular weight excluding hydrogens is 817 g/mol. The second kappa shape index (κ2) is 14.7. The molecule has 67 heavy (non-hydrogen) atoms. The molecule has 0 aliphatic carbocycles. The molecule has 0 radical (unpaired) electrons. The van der Waals surface area contributed by atoms with Crippen LogP contribution in [-0.4, -0.2) is 19.1 Å². The highest BCUT2D eigenvalue weighted by molar-refractivity contribution is 6.12. The summed E-state index contributed by atoms with van der Waals surface area (Å²) in [6, 6.07) is 78.7. The van der Waals surface area contributed by atoms with E-state index >= 15 is 0 Å². The molecule has 0 saturated heterocycles. The van der Waals surface area contributed by atoms with Crippen molar-refractivity contribution in [3.8, 4) is 56.1 Å². The van der Waals surface area contributed by atoms with E-state index in [9.17, 15) is 0 Å². The van der Waals surface area contributed by atoms with Gasteiger partial charge in [0.25, 0.3) is 0 Å². The van der Waals surface area contributed by atoms with Gasteiger partial charge in [0, 0.05) is 56.0 Å². The van der Waals surface area contributed by atoms with Crippen molar-refractivity contribution in [3.05, 3.63) is 231 Å². The Morgan fingerprint density at radius 1 is 0.328 bits per heavy atom. The Morgan fingerprint density at radius 3 is 1.73 bits per heavy atom. The first-order valence-electron chi connectivity index (χ1n) is 22.7. The molecule has 0 spiro atoms. The van der Waals surface area contributed by atoms with Gasteiger partial charge in [-0.05, 0) is 123 Å². The third-order valence-electron chi connectivity index (χ3n) is 13.6. The molecule has 5 heteroatoms. The van der Waals surface area contributed by atoms with E-state index in [1.54, 1.807) is 6.20 Å². The molecule has 0 unspecified atom stereocenters. The normalized spacial score (nSPS) is 11.9. The van der Waals surface area contributed by atoms with E-state index in [2.05, 4.69) is 226 Å². The Hall–Kier alpha value is -9.06. The van der Waals surface area contributed by atoms with E-state index in [0.717, 1.165) is 83.5 Å². The second-order valence-electron chi connectivity index (χ2n) is 17.4. The standard InChI is InChI=1S/C62H38N4O/c1-3-11-39(12-4-1)47-34-55(41-13-5-2-6-14-41)64-62(36-47)66-57-18-10-8-16-50(57)52-33-44(24-27-58(52)66)42-21-19-40-20-22-43(32-46(40)31-42)45-23-26-51-49-15-7-9-17-56(49)65(59(51)35-45)48-25-28-60-53(37-48)54-38-63-30-29-61(54)67-60/h1-38H. The van der Waals surface area contributed by atoms with Gasteiger partial charge in [-0.1, -0.05) is 140 Å². The lowest BCUT2D eigenvalue weighted by Gasteiger charge is -2.13.